The van der Waals surface area contributed by atoms with E-state index in [1.807, 2.05) is 43.5 Å². The molecule has 0 bridgehead atoms. The van der Waals surface area contributed by atoms with Crippen LogP contribution in [-0.2, 0) is 20.6 Å². The highest BCUT2D eigenvalue weighted by Gasteiger charge is 2.30. The smallest absolute Gasteiger partial charge is 0.251 e. The molecule has 6 heterocycles. The van der Waals surface area contributed by atoms with Crippen LogP contribution in [0, 0.1) is 12.8 Å². The molecule has 0 radical (unpaired) electrons. The number of pyridine rings is 1. The average Bonchev–Trinajstić information content (AvgIpc) is 3.77. The minimum atomic E-state index is -2.72. The third-order valence-electron chi connectivity index (χ3n) is 13.9. The Kier molecular flexibility index (Phi) is 14.9. The summed E-state index contributed by atoms with van der Waals surface area (Å²) in [6.07, 6.45) is 11.0. The maximum Gasteiger partial charge on any atom is 0.251 e. The van der Waals surface area contributed by atoms with E-state index in [1.54, 1.807) is 31.3 Å². The average molecular weight is 1020 g/mol. The molecule has 3 aliphatic heterocycles. The van der Waals surface area contributed by atoms with E-state index in [9.17, 15) is 14.2 Å². The first-order valence-corrected chi connectivity index (χ1v) is 27.7. The van der Waals surface area contributed by atoms with Crippen LogP contribution in [0.25, 0.3) is 21.8 Å². The molecule has 0 saturated carbocycles. The molecule has 9 rings (SSSR count). The van der Waals surface area contributed by atoms with Crippen LogP contribution in [0.2, 0.25) is 0 Å². The first-order chi connectivity index (χ1) is 33.3. The molecule has 364 valence electrons. The number of rotatable bonds is 17. The van der Waals surface area contributed by atoms with Gasteiger partial charge in [-0.1, -0.05) is 13.0 Å². The van der Waals surface area contributed by atoms with Gasteiger partial charge in [-0.3, -0.25) is 24.6 Å². The lowest BCUT2D eigenvalue weighted by atomic mass is 9.93. The summed E-state index contributed by atoms with van der Waals surface area (Å²) in [7, 11) is -1.03. The monoisotopic (exact) mass is 1020 g/mol. The fourth-order valence-corrected chi connectivity index (χ4v) is 11.9. The third-order valence-corrected chi connectivity index (χ3v) is 16.0. The van der Waals surface area contributed by atoms with E-state index in [2.05, 4.69) is 98.6 Å². The highest BCUT2D eigenvalue weighted by Crippen LogP contribution is 2.42. The molecule has 3 aliphatic rings. The van der Waals surface area contributed by atoms with Gasteiger partial charge in [0.1, 0.15) is 24.8 Å². The SMILES string of the molecule is CCc1cc(Nc2ncc(Br)c(Nc3ccc4nc(C)ccc4c3P(C)(C)=O)n2)c(OC)cc1N1CCC(NCCNCCC2CCN(c3ccc4nn(C5CCC(=O)NC5=O)cc4c3)CC2)CC1. The third kappa shape index (κ3) is 11.2. The summed E-state index contributed by atoms with van der Waals surface area (Å²) >= 11 is 3.63. The molecular formula is C51H64BrN12O4P. The number of nitrogens with zero attached hydrogens (tertiary/aromatic N) is 7. The number of anilines is 6. The van der Waals surface area contributed by atoms with Gasteiger partial charge in [0.2, 0.25) is 11.9 Å². The zero-order valence-corrected chi connectivity index (χ0v) is 42.8. The predicted octanol–water partition coefficient (Wildman–Crippen LogP) is 8.18. The summed E-state index contributed by atoms with van der Waals surface area (Å²) in [5, 5.41) is 24.1. The number of carbonyl (C=O) groups excluding carboxylic acids is 2. The quantitative estimate of drug-likeness (QED) is 0.0335. The zero-order chi connectivity index (χ0) is 48.2. The van der Waals surface area contributed by atoms with Crippen molar-refractivity contribution in [2.24, 2.45) is 5.92 Å². The minimum Gasteiger partial charge on any atom is -0.494 e. The number of benzene rings is 3. The molecule has 5 N–H and O–H groups in total. The predicted molar refractivity (Wildman–Crippen MR) is 281 cm³/mol. The number of piperidine rings is 3. The molecule has 1 unspecified atom stereocenters. The van der Waals surface area contributed by atoms with Gasteiger partial charge in [0, 0.05) is 103 Å². The second-order valence-corrected chi connectivity index (χ2v) is 23.0. The Morgan fingerprint density at radius 3 is 2.41 bits per heavy atom. The number of hydrogen-bond acceptors (Lipinski definition) is 14. The van der Waals surface area contributed by atoms with E-state index in [1.165, 1.54) is 36.2 Å². The summed E-state index contributed by atoms with van der Waals surface area (Å²) in [5.41, 5.74) is 7.69. The van der Waals surface area contributed by atoms with Crippen molar-refractivity contribution in [2.75, 3.05) is 86.7 Å². The maximum absolute atomic E-state index is 13.7. The largest absolute Gasteiger partial charge is 0.494 e. The van der Waals surface area contributed by atoms with Crippen LogP contribution in [-0.4, -0.2) is 109 Å². The first-order valence-electron chi connectivity index (χ1n) is 24.3. The van der Waals surface area contributed by atoms with Gasteiger partial charge in [-0.15, -0.1) is 0 Å². The van der Waals surface area contributed by atoms with Crippen LogP contribution in [0.1, 0.15) is 69.2 Å². The number of methoxy groups -OCH3 is 1. The number of amides is 2. The van der Waals surface area contributed by atoms with Crippen molar-refractivity contribution in [3.63, 3.8) is 0 Å². The first kappa shape index (κ1) is 48.4. The normalized spacial score (nSPS) is 17.4. The molecule has 3 aromatic heterocycles. The fourth-order valence-electron chi connectivity index (χ4n) is 10.1. The van der Waals surface area contributed by atoms with Crippen LogP contribution in [0.5, 0.6) is 5.75 Å². The highest BCUT2D eigenvalue weighted by atomic mass is 79.9. The summed E-state index contributed by atoms with van der Waals surface area (Å²) < 4.78 is 22.0. The van der Waals surface area contributed by atoms with Crippen molar-refractivity contribution >= 4 is 96.5 Å². The lowest BCUT2D eigenvalue weighted by Gasteiger charge is -2.35. The topological polar surface area (TPSA) is 184 Å². The number of carbonyl (C=O) groups is 2. The number of hydrogen-bond donors (Lipinski definition) is 5. The Morgan fingerprint density at radius 1 is 0.870 bits per heavy atom. The Morgan fingerprint density at radius 2 is 1.65 bits per heavy atom. The second-order valence-electron chi connectivity index (χ2n) is 19.0. The van der Waals surface area contributed by atoms with E-state index in [0.29, 0.717) is 52.5 Å². The van der Waals surface area contributed by atoms with Gasteiger partial charge < -0.3 is 40.4 Å². The molecule has 3 saturated heterocycles. The zero-order valence-electron chi connectivity index (χ0n) is 40.3. The summed E-state index contributed by atoms with van der Waals surface area (Å²) in [6, 6.07) is 18.5. The van der Waals surface area contributed by atoms with Crippen LogP contribution in [0.15, 0.2) is 71.5 Å². The van der Waals surface area contributed by atoms with Crippen LogP contribution in [0.4, 0.5) is 34.5 Å². The number of aryl methyl sites for hydroxylation is 2. The molecule has 2 amide bonds. The van der Waals surface area contributed by atoms with Crippen LogP contribution in [0.3, 0.4) is 0 Å². The van der Waals surface area contributed by atoms with E-state index < -0.39 is 13.2 Å². The molecule has 16 nitrogen and oxygen atoms in total. The van der Waals surface area contributed by atoms with Gasteiger partial charge in [0.15, 0.2) is 0 Å². The second kappa shape index (κ2) is 21.2. The Labute approximate surface area is 412 Å². The van der Waals surface area contributed by atoms with Crippen molar-refractivity contribution in [3.8, 4) is 5.75 Å². The minimum absolute atomic E-state index is 0.216. The van der Waals surface area contributed by atoms with Crippen molar-refractivity contribution in [1.82, 2.24) is 40.7 Å². The van der Waals surface area contributed by atoms with Gasteiger partial charge in [-0.2, -0.15) is 10.1 Å². The molecule has 18 heteroatoms. The number of aromatic nitrogens is 5. The molecule has 1 atom stereocenters. The van der Waals surface area contributed by atoms with E-state index in [0.717, 1.165) is 104 Å². The van der Waals surface area contributed by atoms with Crippen molar-refractivity contribution in [2.45, 2.75) is 77.3 Å². The number of imide groups is 1. The van der Waals surface area contributed by atoms with E-state index in [-0.39, 0.29) is 11.8 Å². The molecule has 0 spiro atoms. The lowest BCUT2D eigenvalue weighted by molar-refractivity contribution is -0.135. The van der Waals surface area contributed by atoms with Gasteiger partial charge in [-0.25, -0.2) is 4.98 Å². The Bertz CT molecular complexity index is 2890. The lowest BCUT2D eigenvalue weighted by Crippen LogP contribution is -2.44. The molecule has 6 aromatic rings. The Balaban J connectivity index is 0.720. The van der Waals surface area contributed by atoms with Crippen molar-refractivity contribution in [3.05, 3.63) is 82.7 Å². The van der Waals surface area contributed by atoms with E-state index in [4.69, 9.17) is 9.72 Å². The molecular weight excluding hydrogens is 956 g/mol. The van der Waals surface area contributed by atoms with Gasteiger partial charge >= 0.3 is 0 Å². The molecule has 69 heavy (non-hydrogen) atoms. The van der Waals surface area contributed by atoms with Crippen LogP contribution < -0.4 is 46.4 Å². The highest BCUT2D eigenvalue weighted by molar-refractivity contribution is 9.10. The van der Waals surface area contributed by atoms with Gasteiger partial charge in [0.05, 0.1) is 34.0 Å². The van der Waals surface area contributed by atoms with E-state index >= 15 is 0 Å². The number of fused-ring (bicyclic) bond motifs is 2. The molecule has 3 fully saturated rings. The molecule has 3 aromatic carbocycles. The summed E-state index contributed by atoms with van der Waals surface area (Å²) in [5.74, 6) is 1.88. The number of nitrogens with one attached hydrogen (secondary N) is 5. The Hall–Kier alpha value is -5.61. The fraction of sp³-hybridized carbons (Fsp3) is 0.451. The van der Waals surface area contributed by atoms with Crippen molar-refractivity contribution < 1.29 is 18.9 Å². The standard InChI is InChI=1S/C51H64BrN12O4P/c1-6-34-28-43(58-51-55-30-39(52)49(60-51)57-42-12-11-41-38(9-7-32(2)56-41)48(42)69(4,5)67)46(68-3)29-45(34)63-25-18-36(19-26-63)54-22-21-53-20-15-33-16-23-62(24-17-33)37-8-10-40-35(27-37)31-64(61-40)44-13-14-47(65)59-50(44)66/h7-12,27-31,33,36,44,53-54H,6,13-26H2,1-5H3,(H,59,65,66)(H2,55,57,58,60). The van der Waals surface area contributed by atoms with Crippen molar-refractivity contribution in [1.29, 1.82) is 0 Å². The summed E-state index contributed by atoms with van der Waals surface area (Å²) in [6.45, 7) is 14.6. The number of ether oxygens (including phenoxy) is 1. The van der Waals surface area contributed by atoms with Gasteiger partial charge in [-0.05, 0) is 142 Å². The molecule has 0 aliphatic carbocycles. The van der Waals surface area contributed by atoms with Gasteiger partial charge in [0.25, 0.3) is 5.91 Å². The maximum atomic E-state index is 13.7. The summed E-state index contributed by atoms with van der Waals surface area (Å²) in [4.78, 5) is 43.1. The number of halogens is 1. The van der Waals surface area contributed by atoms with Crippen LogP contribution >= 0.6 is 23.1 Å².